The van der Waals surface area contributed by atoms with E-state index in [9.17, 15) is 13.9 Å². The standard InChI is InChI=1S/C21H28N6O9P6S/c1-26(23-13-18-7-9-20(10-8-18)35-39-25-38-24-37-22)40(43)36-21-11-5-17(6-12-21)3-2-4-19(28)14-27(15-41(29,30)31)16-42(32,33)34/h5-13,22H,2-4,14-16H2,1H3,(H3-,29,30,31,32,33,34)/p+1. The van der Waals surface area contributed by atoms with Crippen molar-refractivity contribution < 1.29 is 42.5 Å². The van der Waals surface area contributed by atoms with Crippen molar-refractivity contribution in [2.75, 3.05) is 26.2 Å². The second-order valence-electron chi connectivity index (χ2n) is 8.65. The molecule has 1 unspecified atom stereocenters. The molecule has 0 bridgehead atoms. The number of nitrogens with one attached hydrogen (secondary N) is 1. The Morgan fingerprint density at radius 3 is 2.21 bits per heavy atom. The van der Waals surface area contributed by atoms with Crippen LogP contribution in [0, 0.1) is 5.16 Å². The van der Waals surface area contributed by atoms with Crippen LogP contribution in [0.5, 0.6) is 11.5 Å². The molecule has 232 valence electrons. The molecular formula is C21H29N6O9P6S+. The van der Waals surface area contributed by atoms with Gasteiger partial charge in [-0.1, -0.05) is 16.9 Å². The van der Waals surface area contributed by atoms with Gasteiger partial charge in [0, 0.05) is 6.42 Å². The lowest BCUT2D eigenvalue weighted by Gasteiger charge is -2.22. The molecule has 0 amide bonds. The number of carbonyl (C=O) groups excluding carboxylic acids is 1. The molecule has 15 nitrogen and oxygen atoms in total. The van der Waals surface area contributed by atoms with Crippen molar-refractivity contribution >= 4 is 71.7 Å². The maximum atomic E-state index is 12.3. The van der Waals surface area contributed by atoms with Gasteiger partial charge in [-0.15, -0.1) is 5.10 Å². The summed E-state index contributed by atoms with van der Waals surface area (Å²) in [6.07, 6.45) is 0.866. The van der Waals surface area contributed by atoms with Gasteiger partial charge in [0.2, 0.25) is 11.8 Å². The Labute approximate surface area is 259 Å². The van der Waals surface area contributed by atoms with Crippen LogP contribution < -0.4 is 9.05 Å². The number of hydrogen-bond acceptors (Lipinski definition) is 9. The normalized spacial score (nSPS) is 12.9. The summed E-state index contributed by atoms with van der Waals surface area (Å²) in [5.41, 5.74) is 1.75. The molecule has 1 atom stereocenters. The molecular weight excluding hydrogens is 698 g/mol. The molecule has 0 heterocycles. The van der Waals surface area contributed by atoms with Crippen molar-refractivity contribution in [2.45, 2.75) is 19.3 Å². The molecule has 22 heteroatoms. The van der Waals surface area contributed by atoms with E-state index in [-0.39, 0.29) is 20.7 Å². The zero-order valence-electron chi connectivity index (χ0n) is 22.6. The van der Waals surface area contributed by atoms with E-state index in [4.69, 9.17) is 45.6 Å². The maximum Gasteiger partial charge on any atom is 0.540 e. The Kier molecular flexibility index (Phi) is 16.5. The fourth-order valence-corrected chi connectivity index (χ4v) is 6.94. The lowest BCUT2D eigenvalue weighted by Crippen LogP contribution is -2.31. The number of hydrogen-bond donors (Lipinski definition) is 5. The van der Waals surface area contributed by atoms with E-state index in [2.05, 4.69) is 14.1 Å². The van der Waals surface area contributed by atoms with Crippen LogP contribution >= 0.6 is 47.9 Å². The van der Waals surface area contributed by atoms with Gasteiger partial charge in [0.25, 0.3) is 8.60 Å². The Morgan fingerprint density at radius 2 is 1.63 bits per heavy atom. The first-order valence-corrected chi connectivity index (χ1v) is 20.3. The van der Waals surface area contributed by atoms with E-state index in [0.717, 1.165) is 16.0 Å². The van der Waals surface area contributed by atoms with Crippen LogP contribution in [-0.2, 0) is 32.2 Å². The Balaban J connectivity index is 1.79. The van der Waals surface area contributed by atoms with Crippen LogP contribution in [0.3, 0.4) is 0 Å². The topological polar surface area (TPSA) is 218 Å². The van der Waals surface area contributed by atoms with Crippen molar-refractivity contribution in [3.05, 3.63) is 59.7 Å². The SMILES string of the molecule is CN(N=Cc1ccc(OP=NP=NP=N)cc1)[P+](=S)Oc1ccc(CCCC(=O)CN(CP(=O)(O)O)CP(=O)(O)O)cc1. The minimum absolute atomic E-state index is 0.0753. The van der Waals surface area contributed by atoms with E-state index < -0.39 is 41.4 Å². The predicted molar refractivity (Wildman–Crippen MR) is 171 cm³/mol. The van der Waals surface area contributed by atoms with Crippen LogP contribution in [-0.4, -0.2) is 67.4 Å². The highest BCUT2D eigenvalue weighted by molar-refractivity contribution is 8.02. The monoisotopic (exact) mass is 727 g/mol. The number of nitrogens with zero attached hydrogens (tertiary/aromatic N) is 5. The number of ketones is 1. The first kappa shape index (κ1) is 37.4. The van der Waals surface area contributed by atoms with E-state index in [1.54, 1.807) is 42.3 Å². The Bertz CT molecular complexity index is 1400. The number of carbonyl (C=O) groups is 1. The zero-order chi connectivity index (χ0) is 31.9. The average molecular weight is 727 g/mol. The first-order valence-electron chi connectivity index (χ1n) is 12.0. The van der Waals surface area contributed by atoms with Crippen molar-refractivity contribution in [2.24, 2.45) is 14.1 Å². The number of hydrazone groups is 1. The van der Waals surface area contributed by atoms with Crippen molar-refractivity contribution in [3.63, 3.8) is 0 Å². The molecule has 0 radical (unpaired) electrons. The van der Waals surface area contributed by atoms with Gasteiger partial charge >= 0.3 is 22.3 Å². The largest absolute Gasteiger partial charge is 0.540 e. The summed E-state index contributed by atoms with van der Waals surface area (Å²) >= 11 is 5.45. The summed E-state index contributed by atoms with van der Waals surface area (Å²) in [6.45, 7) is -0.470. The van der Waals surface area contributed by atoms with E-state index in [1.807, 2.05) is 24.3 Å². The number of benzene rings is 2. The molecule has 0 aliphatic rings. The van der Waals surface area contributed by atoms with Crippen molar-refractivity contribution in [3.8, 4) is 11.5 Å². The highest BCUT2D eigenvalue weighted by Gasteiger charge is 2.27. The van der Waals surface area contributed by atoms with Crippen molar-refractivity contribution in [1.82, 2.24) is 9.68 Å². The third-order valence-electron chi connectivity index (χ3n) is 4.99. The van der Waals surface area contributed by atoms with Crippen LogP contribution in [0.15, 0.2) is 62.7 Å². The minimum Gasteiger partial charge on any atom is -0.423 e. The predicted octanol–water partition coefficient (Wildman–Crippen LogP) is 6.36. The van der Waals surface area contributed by atoms with Crippen molar-refractivity contribution in [1.29, 1.82) is 5.16 Å². The molecule has 5 N–H and O–H groups in total. The number of Topliss-reactive ketones (excluding diaryl/α,β-unsaturated/α-hetero) is 1. The molecule has 0 saturated heterocycles. The average Bonchev–Trinajstić information content (AvgIpc) is 2.91. The number of rotatable bonds is 19. The van der Waals surface area contributed by atoms with Gasteiger partial charge in [0.05, 0.1) is 19.8 Å². The molecule has 0 saturated carbocycles. The Hall–Kier alpha value is -1.74. The Morgan fingerprint density at radius 1 is 1.02 bits per heavy atom. The molecule has 0 aromatic heterocycles. The fourth-order valence-electron chi connectivity index (χ4n) is 3.28. The van der Waals surface area contributed by atoms with Crippen LogP contribution in [0.1, 0.15) is 24.0 Å². The summed E-state index contributed by atoms with van der Waals surface area (Å²) in [6, 6.07) is 14.4. The van der Waals surface area contributed by atoms with Crippen LogP contribution in [0.25, 0.3) is 0 Å². The molecule has 2 rings (SSSR count). The van der Waals surface area contributed by atoms with Gasteiger partial charge in [0.15, 0.2) is 22.8 Å². The molecule has 0 aliphatic heterocycles. The van der Waals surface area contributed by atoms with Crippen LogP contribution in [0.4, 0.5) is 0 Å². The van der Waals surface area contributed by atoms with E-state index in [1.165, 1.54) is 0 Å². The van der Waals surface area contributed by atoms with Gasteiger partial charge in [-0.25, -0.2) is 0 Å². The molecule has 43 heavy (non-hydrogen) atoms. The van der Waals surface area contributed by atoms with Gasteiger partial charge < -0.3 is 24.1 Å². The summed E-state index contributed by atoms with van der Waals surface area (Å²) in [7, 11) is -7.97. The van der Waals surface area contributed by atoms with E-state index in [0.29, 0.717) is 41.5 Å². The molecule has 0 spiro atoms. The first-order chi connectivity index (χ1) is 20.2. The second kappa shape index (κ2) is 18.9. The smallest absolute Gasteiger partial charge is 0.423 e. The third kappa shape index (κ3) is 17.4. The minimum atomic E-state index is -4.60. The second-order valence-corrected chi connectivity index (χ2v) is 16.2. The molecule has 2 aromatic carbocycles. The zero-order valence-corrected chi connectivity index (χ0v) is 28.8. The van der Waals surface area contributed by atoms with Gasteiger partial charge in [0.1, 0.15) is 24.1 Å². The highest BCUT2D eigenvalue weighted by atomic mass is 32.4. The highest BCUT2D eigenvalue weighted by Crippen LogP contribution is 2.40. The van der Waals surface area contributed by atoms with Gasteiger partial charge in [-0.2, -0.15) is 9.03 Å². The molecule has 0 aliphatic carbocycles. The molecule has 2 aromatic rings. The summed E-state index contributed by atoms with van der Waals surface area (Å²) in [5.74, 6) is 0.792. The lowest BCUT2D eigenvalue weighted by molar-refractivity contribution is -0.119. The molecule has 0 fully saturated rings. The van der Waals surface area contributed by atoms with E-state index >= 15 is 0 Å². The van der Waals surface area contributed by atoms with Gasteiger partial charge in [-0.3, -0.25) is 28.5 Å². The summed E-state index contributed by atoms with van der Waals surface area (Å²) in [5, 5.41) is 11.2. The van der Waals surface area contributed by atoms with Crippen LogP contribution in [0.2, 0.25) is 0 Å². The quantitative estimate of drug-likeness (QED) is 0.0607. The van der Waals surface area contributed by atoms with Gasteiger partial charge in [-0.05, 0) is 60.4 Å². The number of aryl methyl sites for hydroxylation is 1. The fraction of sp³-hybridized carbons (Fsp3) is 0.333. The third-order valence-corrected chi connectivity index (χ3v) is 9.99. The maximum absolute atomic E-state index is 12.3. The summed E-state index contributed by atoms with van der Waals surface area (Å²) in [4.78, 5) is 49.5. The lowest BCUT2D eigenvalue weighted by atomic mass is 10.1. The summed E-state index contributed by atoms with van der Waals surface area (Å²) < 4.78 is 43.0.